The lowest BCUT2D eigenvalue weighted by atomic mass is 9.93. The van der Waals surface area contributed by atoms with Crippen molar-refractivity contribution in [2.75, 3.05) is 24.9 Å². The Kier molecular flexibility index (Phi) is 8.72. The number of carbonyl (C=O) groups excluding carboxylic acids is 1. The largest absolute Gasteiger partial charge is 0.497 e. The van der Waals surface area contributed by atoms with Crippen LogP contribution in [0.25, 0.3) is 10.9 Å². The van der Waals surface area contributed by atoms with Crippen LogP contribution in [0.1, 0.15) is 39.2 Å². The quantitative estimate of drug-likeness (QED) is 0.326. The SMILES string of the molecule is COc1cc(NC(C)CCCN(Cc2ccc(F)cc2)C(=O)C(C)(C)CCl)c2ncccc2c1. The number of halogens is 2. The van der Waals surface area contributed by atoms with E-state index in [2.05, 4.69) is 17.2 Å². The number of amides is 1. The number of benzene rings is 2. The van der Waals surface area contributed by atoms with E-state index in [9.17, 15) is 9.18 Å². The average Bonchev–Trinajstić information content (AvgIpc) is 2.84. The van der Waals surface area contributed by atoms with E-state index in [1.54, 1.807) is 25.4 Å². The zero-order valence-corrected chi connectivity index (χ0v) is 21.0. The van der Waals surface area contributed by atoms with Gasteiger partial charge >= 0.3 is 0 Å². The molecule has 1 heterocycles. The average molecular weight is 486 g/mol. The molecule has 5 nitrogen and oxygen atoms in total. The van der Waals surface area contributed by atoms with Gasteiger partial charge in [-0.05, 0) is 63.4 Å². The molecular formula is C27H33ClFN3O2. The number of anilines is 1. The minimum atomic E-state index is -0.670. The first-order chi connectivity index (χ1) is 16.2. The Hall–Kier alpha value is -2.86. The number of rotatable bonds is 11. The summed E-state index contributed by atoms with van der Waals surface area (Å²) in [6.07, 6.45) is 3.43. The van der Waals surface area contributed by atoms with Gasteiger partial charge in [0.25, 0.3) is 0 Å². The second kappa shape index (κ2) is 11.5. The van der Waals surface area contributed by atoms with Crippen LogP contribution in [-0.2, 0) is 11.3 Å². The fraction of sp³-hybridized carbons (Fsp3) is 0.407. The molecule has 7 heteroatoms. The van der Waals surface area contributed by atoms with Gasteiger partial charge in [-0.3, -0.25) is 9.78 Å². The predicted octanol–water partition coefficient (Wildman–Crippen LogP) is 6.26. The van der Waals surface area contributed by atoms with Gasteiger partial charge in [-0.2, -0.15) is 0 Å². The van der Waals surface area contributed by atoms with Crippen molar-refractivity contribution in [1.29, 1.82) is 0 Å². The fourth-order valence-corrected chi connectivity index (χ4v) is 3.98. The maximum atomic E-state index is 13.3. The zero-order chi connectivity index (χ0) is 24.7. The molecule has 0 aliphatic carbocycles. The van der Waals surface area contributed by atoms with Crippen molar-refractivity contribution in [3.63, 3.8) is 0 Å². The number of alkyl halides is 1. The Morgan fingerprint density at radius 1 is 1.24 bits per heavy atom. The van der Waals surface area contributed by atoms with Crippen LogP contribution in [0.15, 0.2) is 54.7 Å². The molecule has 1 atom stereocenters. The molecular weight excluding hydrogens is 453 g/mol. The lowest BCUT2D eigenvalue weighted by Crippen LogP contribution is -2.42. The second-order valence-electron chi connectivity index (χ2n) is 9.31. The first kappa shape index (κ1) is 25.8. The first-order valence-corrected chi connectivity index (χ1v) is 12.1. The van der Waals surface area contributed by atoms with Crippen LogP contribution in [0.3, 0.4) is 0 Å². The third-order valence-corrected chi connectivity index (χ3v) is 6.54. The normalized spacial score (nSPS) is 12.4. The smallest absolute Gasteiger partial charge is 0.229 e. The van der Waals surface area contributed by atoms with Gasteiger partial charge in [0.05, 0.1) is 23.7 Å². The summed E-state index contributed by atoms with van der Waals surface area (Å²) < 4.78 is 18.8. The number of methoxy groups -OCH3 is 1. The summed E-state index contributed by atoms with van der Waals surface area (Å²) in [6.45, 7) is 6.82. The van der Waals surface area contributed by atoms with E-state index in [0.717, 1.165) is 40.7 Å². The molecule has 0 aliphatic rings. The molecule has 0 spiro atoms. The van der Waals surface area contributed by atoms with E-state index in [1.807, 2.05) is 43.0 Å². The Bertz CT molecular complexity index is 1100. The predicted molar refractivity (Wildman–Crippen MR) is 137 cm³/mol. The number of fused-ring (bicyclic) bond motifs is 1. The van der Waals surface area contributed by atoms with Crippen molar-refractivity contribution >= 4 is 34.1 Å². The van der Waals surface area contributed by atoms with Gasteiger partial charge in [-0.25, -0.2) is 4.39 Å². The van der Waals surface area contributed by atoms with E-state index in [-0.39, 0.29) is 23.6 Å². The first-order valence-electron chi connectivity index (χ1n) is 11.5. The molecule has 2 aromatic carbocycles. The van der Waals surface area contributed by atoms with Crippen LogP contribution in [0.4, 0.5) is 10.1 Å². The molecule has 1 N–H and O–H groups in total. The third-order valence-electron chi connectivity index (χ3n) is 5.87. The molecule has 0 fully saturated rings. The maximum Gasteiger partial charge on any atom is 0.229 e. The van der Waals surface area contributed by atoms with Crippen molar-refractivity contribution < 1.29 is 13.9 Å². The molecule has 0 aliphatic heterocycles. The summed E-state index contributed by atoms with van der Waals surface area (Å²) in [7, 11) is 1.65. The van der Waals surface area contributed by atoms with E-state index in [1.165, 1.54) is 12.1 Å². The summed E-state index contributed by atoms with van der Waals surface area (Å²) in [5.41, 5.74) is 2.04. The number of hydrogen-bond donors (Lipinski definition) is 1. The topological polar surface area (TPSA) is 54.5 Å². The fourth-order valence-electron chi connectivity index (χ4n) is 3.87. The number of ether oxygens (including phenoxy) is 1. The molecule has 3 aromatic rings. The van der Waals surface area contributed by atoms with Gasteiger partial charge in [-0.1, -0.05) is 18.2 Å². The minimum absolute atomic E-state index is 0.00423. The van der Waals surface area contributed by atoms with Crippen LogP contribution in [0.2, 0.25) is 0 Å². The molecule has 3 rings (SSSR count). The molecule has 0 bridgehead atoms. The zero-order valence-electron chi connectivity index (χ0n) is 20.3. The summed E-state index contributed by atoms with van der Waals surface area (Å²) in [6, 6.07) is 14.3. The number of nitrogens with one attached hydrogen (secondary N) is 1. The maximum absolute atomic E-state index is 13.3. The Morgan fingerprint density at radius 3 is 2.65 bits per heavy atom. The van der Waals surface area contributed by atoms with E-state index >= 15 is 0 Å². The molecule has 0 saturated heterocycles. The van der Waals surface area contributed by atoms with Gasteiger partial charge in [0.15, 0.2) is 0 Å². The number of carbonyl (C=O) groups is 1. The van der Waals surface area contributed by atoms with Crippen molar-refractivity contribution in [3.8, 4) is 5.75 Å². The molecule has 1 unspecified atom stereocenters. The number of hydrogen-bond acceptors (Lipinski definition) is 4. The van der Waals surface area contributed by atoms with Crippen LogP contribution < -0.4 is 10.1 Å². The Balaban J connectivity index is 1.67. The minimum Gasteiger partial charge on any atom is -0.497 e. The molecule has 182 valence electrons. The lowest BCUT2D eigenvalue weighted by molar-refractivity contribution is -0.140. The summed E-state index contributed by atoms with van der Waals surface area (Å²) in [5, 5.41) is 4.56. The van der Waals surface area contributed by atoms with Gasteiger partial charge < -0.3 is 15.0 Å². The third kappa shape index (κ3) is 6.60. The molecule has 0 radical (unpaired) electrons. The van der Waals surface area contributed by atoms with Gasteiger partial charge in [0.2, 0.25) is 5.91 Å². The Morgan fingerprint density at radius 2 is 1.97 bits per heavy atom. The van der Waals surface area contributed by atoms with E-state index in [0.29, 0.717) is 13.1 Å². The summed E-state index contributed by atoms with van der Waals surface area (Å²) >= 11 is 6.08. The second-order valence-corrected chi connectivity index (χ2v) is 9.58. The Labute approximate surface area is 206 Å². The lowest BCUT2D eigenvalue weighted by Gasteiger charge is -2.31. The highest BCUT2D eigenvalue weighted by Gasteiger charge is 2.31. The number of pyridine rings is 1. The highest BCUT2D eigenvalue weighted by molar-refractivity contribution is 6.19. The highest BCUT2D eigenvalue weighted by Crippen LogP contribution is 2.29. The van der Waals surface area contributed by atoms with Crippen LogP contribution in [-0.4, -0.2) is 41.4 Å². The number of nitrogens with zero attached hydrogens (tertiary/aromatic N) is 2. The van der Waals surface area contributed by atoms with Crippen molar-refractivity contribution in [3.05, 3.63) is 66.1 Å². The standard InChI is InChI=1S/C27H33ClFN3O2/c1-19(31-24-16-23(34-4)15-21-8-5-13-30-25(21)24)7-6-14-32(26(33)27(2,3)18-28)17-20-9-11-22(29)12-10-20/h5,8-13,15-16,19,31H,6-7,14,17-18H2,1-4H3. The molecule has 0 saturated carbocycles. The van der Waals surface area contributed by atoms with Gasteiger partial charge in [-0.15, -0.1) is 11.6 Å². The van der Waals surface area contributed by atoms with Crippen molar-refractivity contribution in [2.24, 2.45) is 5.41 Å². The highest BCUT2D eigenvalue weighted by atomic mass is 35.5. The van der Waals surface area contributed by atoms with E-state index in [4.69, 9.17) is 16.3 Å². The number of aromatic nitrogens is 1. The van der Waals surface area contributed by atoms with Gasteiger partial charge in [0.1, 0.15) is 11.6 Å². The molecule has 1 aromatic heterocycles. The summed E-state index contributed by atoms with van der Waals surface area (Å²) in [4.78, 5) is 19.5. The monoisotopic (exact) mass is 485 g/mol. The van der Waals surface area contributed by atoms with Crippen molar-refractivity contribution in [1.82, 2.24) is 9.88 Å². The molecule has 1 amide bonds. The van der Waals surface area contributed by atoms with E-state index < -0.39 is 5.41 Å². The van der Waals surface area contributed by atoms with Crippen LogP contribution in [0, 0.1) is 11.2 Å². The molecule has 34 heavy (non-hydrogen) atoms. The van der Waals surface area contributed by atoms with Gasteiger partial charge in [0, 0.05) is 42.7 Å². The van der Waals surface area contributed by atoms with Crippen LogP contribution in [0.5, 0.6) is 5.75 Å². The summed E-state index contributed by atoms with van der Waals surface area (Å²) in [5.74, 6) is 0.715. The van der Waals surface area contributed by atoms with Crippen molar-refractivity contribution in [2.45, 2.75) is 46.2 Å². The van der Waals surface area contributed by atoms with Crippen LogP contribution >= 0.6 is 11.6 Å².